The predicted molar refractivity (Wildman–Crippen MR) is 95.5 cm³/mol. The number of piperazine rings is 1. The van der Waals surface area contributed by atoms with Crippen LogP contribution in [0.3, 0.4) is 0 Å². The first-order valence-corrected chi connectivity index (χ1v) is 8.33. The lowest BCUT2D eigenvalue weighted by Gasteiger charge is -2.31. The van der Waals surface area contributed by atoms with Crippen molar-refractivity contribution in [2.24, 2.45) is 0 Å². The summed E-state index contributed by atoms with van der Waals surface area (Å²) in [5.74, 6) is 0.294. The highest BCUT2D eigenvalue weighted by Crippen LogP contribution is 2.26. The first-order chi connectivity index (χ1) is 12.1. The molecule has 0 unspecified atom stereocenters. The number of carbonyl (C=O) groups excluding carboxylic acids is 1. The maximum absolute atomic E-state index is 12.8. The normalized spacial score (nSPS) is 15.6. The standard InChI is InChI=1S/C19H19N3O3/c1-20-9-11-21(12-10-20)19(23)25-17-8-4-6-15-13-14-5-2-3-7-16(14)22(24)18(15)17/h2-8,13H,9-12H2,1H3. The number of hydrogen-bond acceptors (Lipinski definition) is 4. The highest BCUT2D eigenvalue weighted by molar-refractivity contribution is 5.92. The lowest BCUT2D eigenvalue weighted by molar-refractivity contribution is -0.548. The molecule has 0 radical (unpaired) electrons. The third-order valence-corrected chi connectivity index (χ3v) is 4.66. The van der Waals surface area contributed by atoms with Crippen LogP contribution in [0.5, 0.6) is 5.75 Å². The third-order valence-electron chi connectivity index (χ3n) is 4.66. The molecular weight excluding hydrogens is 318 g/mol. The van der Waals surface area contributed by atoms with Crippen molar-refractivity contribution in [1.82, 2.24) is 9.80 Å². The molecule has 1 amide bonds. The molecule has 2 aromatic carbocycles. The van der Waals surface area contributed by atoms with Gasteiger partial charge in [-0.15, -0.1) is 0 Å². The fourth-order valence-corrected chi connectivity index (χ4v) is 3.19. The summed E-state index contributed by atoms with van der Waals surface area (Å²) in [5, 5.41) is 14.4. The molecule has 0 N–H and O–H groups in total. The number of aromatic nitrogens is 1. The number of ether oxygens (including phenoxy) is 1. The van der Waals surface area contributed by atoms with E-state index in [-0.39, 0.29) is 0 Å². The molecule has 2 heterocycles. The number of benzene rings is 2. The minimum Gasteiger partial charge on any atom is -0.618 e. The van der Waals surface area contributed by atoms with E-state index in [0.717, 1.165) is 28.6 Å². The van der Waals surface area contributed by atoms with Gasteiger partial charge in [-0.2, -0.15) is 4.73 Å². The summed E-state index contributed by atoms with van der Waals surface area (Å²) in [7, 11) is 2.03. The molecule has 0 aliphatic carbocycles. The van der Waals surface area contributed by atoms with Gasteiger partial charge in [0, 0.05) is 37.6 Å². The van der Waals surface area contributed by atoms with Crippen LogP contribution in [0.4, 0.5) is 4.79 Å². The number of fused-ring (bicyclic) bond motifs is 2. The topological polar surface area (TPSA) is 59.7 Å². The van der Waals surface area contributed by atoms with E-state index < -0.39 is 6.09 Å². The molecule has 25 heavy (non-hydrogen) atoms. The van der Waals surface area contributed by atoms with Crippen molar-refractivity contribution in [3.63, 3.8) is 0 Å². The SMILES string of the molecule is CN1CCN(C(=O)Oc2cccc3cc4ccccc4[n+]([O-])c23)CC1. The third kappa shape index (κ3) is 2.85. The number of rotatable bonds is 1. The highest BCUT2D eigenvalue weighted by Gasteiger charge is 2.23. The van der Waals surface area contributed by atoms with Gasteiger partial charge in [0.1, 0.15) is 0 Å². The molecule has 1 aliphatic rings. The minimum atomic E-state index is -0.409. The molecule has 128 valence electrons. The van der Waals surface area contributed by atoms with Crippen LogP contribution in [0, 0.1) is 5.21 Å². The lowest BCUT2D eigenvalue weighted by Crippen LogP contribution is -2.48. The number of hydrogen-bond donors (Lipinski definition) is 0. The molecule has 6 nitrogen and oxygen atoms in total. The predicted octanol–water partition coefficient (Wildman–Crippen LogP) is 2.37. The molecule has 3 aromatic rings. The van der Waals surface area contributed by atoms with Gasteiger partial charge >= 0.3 is 6.09 Å². The Kier molecular flexibility index (Phi) is 3.89. The maximum atomic E-state index is 12.8. The lowest BCUT2D eigenvalue weighted by atomic mass is 10.1. The van der Waals surface area contributed by atoms with Crippen molar-refractivity contribution < 1.29 is 14.3 Å². The molecule has 0 spiro atoms. The monoisotopic (exact) mass is 337 g/mol. The Balaban J connectivity index is 1.72. The highest BCUT2D eigenvalue weighted by atomic mass is 16.6. The number of likely N-dealkylation sites (N-methyl/N-ethyl adjacent to an activating group) is 1. The van der Waals surface area contributed by atoms with Gasteiger partial charge in [-0.25, -0.2) is 4.79 Å². The molecule has 0 atom stereocenters. The van der Waals surface area contributed by atoms with E-state index in [0.29, 0.717) is 29.9 Å². The molecule has 1 aromatic heterocycles. The van der Waals surface area contributed by atoms with E-state index in [1.807, 2.05) is 37.4 Å². The summed E-state index contributed by atoms with van der Waals surface area (Å²) < 4.78 is 6.42. The second-order valence-corrected chi connectivity index (χ2v) is 6.35. The number of pyridine rings is 1. The van der Waals surface area contributed by atoms with E-state index in [1.165, 1.54) is 0 Å². The second kappa shape index (κ2) is 6.22. The van der Waals surface area contributed by atoms with Gasteiger partial charge < -0.3 is 19.7 Å². The number of nitrogens with zero attached hydrogens (tertiary/aromatic N) is 3. The smallest absolute Gasteiger partial charge is 0.415 e. The second-order valence-electron chi connectivity index (χ2n) is 6.35. The van der Waals surface area contributed by atoms with Crippen molar-refractivity contribution in [3.8, 4) is 5.75 Å². The van der Waals surface area contributed by atoms with E-state index in [4.69, 9.17) is 4.74 Å². The molecule has 4 rings (SSSR count). The molecule has 0 bridgehead atoms. The summed E-state index contributed by atoms with van der Waals surface area (Å²) >= 11 is 0. The van der Waals surface area contributed by atoms with Crippen LogP contribution >= 0.6 is 0 Å². The largest absolute Gasteiger partial charge is 0.618 e. The van der Waals surface area contributed by atoms with Gasteiger partial charge in [-0.1, -0.05) is 18.2 Å². The van der Waals surface area contributed by atoms with Gasteiger partial charge in [-0.05, 0) is 31.3 Å². The van der Waals surface area contributed by atoms with Crippen LogP contribution in [-0.2, 0) is 0 Å². The quantitative estimate of drug-likeness (QED) is 0.389. The van der Waals surface area contributed by atoms with Crippen molar-refractivity contribution in [2.45, 2.75) is 0 Å². The zero-order chi connectivity index (χ0) is 17.4. The summed E-state index contributed by atoms with van der Waals surface area (Å²) in [6.07, 6.45) is -0.409. The molecule has 1 aliphatic heterocycles. The summed E-state index contributed by atoms with van der Waals surface area (Å²) in [4.78, 5) is 16.3. The van der Waals surface area contributed by atoms with Crippen LogP contribution in [-0.4, -0.2) is 49.1 Å². The molecule has 1 saturated heterocycles. The Morgan fingerprint density at radius 2 is 1.76 bits per heavy atom. The average molecular weight is 337 g/mol. The van der Waals surface area contributed by atoms with Gasteiger partial charge in [0.2, 0.25) is 11.3 Å². The van der Waals surface area contributed by atoms with Gasteiger partial charge in [0.15, 0.2) is 0 Å². The fraction of sp³-hybridized carbons (Fsp3) is 0.263. The number of amides is 1. The summed E-state index contributed by atoms with van der Waals surface area (Å²) in [6, 6.07) is 14.6. The van der Waals surface area contributed by atoms with E-state index in [2.05, 4.69) is 4.90 Å². The zero-order valence-electron chi connectivity index (χ0n) is 14.0. The van der Waals surface area contributed by atoms with Crippen LogP contribution in [0.25, 0.3) is 21.8 Å². The van der Waals surface area contributed by atoms with Crippen LogP contribution in [0.2, 0.25) is 0 Å². The molecule has 6 heteroatoms. The van der Waals surface area contributed by atoms with Gasteiger partial charge in [-0.3, -0.25) is 0 Å². The van der Waals surface area contributed by atoms with Gasteiger partial charge in [0.05, 0.1) is 5.39 Å². The molecule has 1 fully saturated rings. The van der Waals surface area contributed by atoms with Crippen molar-refractivity contribution >= 4 is 27.9 Å². The Morgan fingerprint density at radius 1 is 1.04 bits per heavy atom. The Morgan fingerprint density at radius 3 is 2.56 bits per heavy atom. The maximum Gasteiger partial charge on any atom is 0.415 e. The summed E-state index contributed by atoms with van der Waals surface area (Å²) in [6.45, 7) is 2.88. The summed E-state index contributed by atoms with van der Waals surface area (Å²) in [5.41, 5.74) is 0.932. The van der Waals surface area contributed by atoms with Crippen LogP contribution in [0.1, 0.15) is 0 Å². The average Bonchev–Trinajstić information content (AvgIpc) is 2.62. The Bertz CT molecular complexity index is 949. The van der Waals surface area contributed by atoms with E-state index >= 15 is 0 Å². The molecular formula is C19H19N3O3. The Hall–Kier alpha value is -2.86. The fourth-order valence-electron chi connectivity index (χ4n) is 3.19. The number of carbonyl (C=O) groups is 1. The van der Waals surface area contributed by atoms with E-state index in [1.54, 1.807) is 23.1 Å². The first-order valence-electron chi connectivity index (χ1n) is 8.33. The van der Waals surface area contributed by atoms with Crippen LogP contribution < -0.4 is 9.47 Å². The van der Waals surface area contributed by atoms with Gasteiger partial charge in [0.25, 0.3) is 5.52 Å². The zero-order valence-corrected chi connectivity index (χ0v) is 14.0. The van der Waals surface area contributed by atoms with Crippen molar-refractivity contribution in [3.05, 3.63) is 53.7 Å². The van der Waals surface area contributed by atoms with Crippen molar-refractivity contribution in [2.75, 3.05) is 33.2 Å². The van der Waals surface area contributed by atoms with Crippen LogP contribution in [0.15, 0.2) is 48.5 Å². The van der Waals surface area contributed by atoms with E-state index in [9.17, 15) is 10.0 Å². The van der Waals surface area contributed by atoms with Crippen molar-refractivity contribution in [1.29, 1.82) is 0 Å². The first kappa shape index (κ1) is 15.7. The minimum absolute atomic E-state index is 0.294. The number of para-hydroxylation sites is 2. The Labute approximate surface area is 145 Å². The molecule has 0 saturated carbocycles.